The Labute approximate surface area is 73.5 Å². The summed E-state index contributed by atoms with van der Waals surface area (Å²) in [6.07, 6.45) is 0.747. The van der Waals surface area contributed by atoms with Gasteiger partial charge in [0.2, 0.25) is 5.82 Å². The van der Waals surface area contributed by atoms with Crippen molar-refractivity contribution in [3.63, 3.8) is 0 Å². The number of benzene rings is 1. The number of halogens is 1. The van der Waals surface area contributed by atoms with Crippen molar-refractivity contribution in [1.82, 2.24) is 0 Å². The average molecular weight is 183 g/mol. The fourth-order valence-corrected chi connectivity index (χ4v) is 1.45. The zero-order chi connectivity index (χ0) is 9.42. The Morgan fingerprint density at radius 3 is 3.00 bits per heavy atom. The molecule has 0 spiro atoms. The van der Waals surface area contributed by atoms with E-state index in [1.165, 1.54) is 12.1 Å². The van der Waals surface area contributed by atoms with Crippen LogP contribution in [0.1, 0.15) is 5.56 Å². The quantitative estimate of drug-likeness (QED) is 0.650. The molecule has 0 atom stereocenters. The summed E-state index contributed by atoms with van der Waals surface area (Å²) in [5.41, 5.74) is 1.20. The summed E-state index contributed by atoms with van der Waals surface area (Å²) in [4.78, 5) is 10.0. The summed E-state index contributed by atoms with van der Waals surface area (Å²) in [5, 5.41) is 11.5. The standard InChI is InChI=1S/C8H8FN2O2/c9-6-3-5-1-2-10-7(5)4-8(6)11(12)13/h3-4,10H,1-2H2,(H,12,13)/q+1. The van der Waals surface area contributed by atoms with Gasteiger partial charge in [-0.15, -0.1) is 0 Å². The van der Waals surface area contributed by atoms with Crippen molar-refractivity contribution in [2.45, 2.75) is 6.42 Å². The molecular weight excluding hydrogens is 175 g/mol. The first-order valence-corrected chi connectivity index (χ1v) is 3.91. The van der Waals surface area contributed by atoms with Crippen LogP contribution in [0, 0.1) is 10.7 Å². The highest BCUT2D eigenvalue weighted by Gasteiger charge is 2.23. The van der Waals surface area contributed by atoms with E-state index in [2.05, 4.69) is 5.32 Å². The smallest absolute Gasteiger partial charge is 0.353 e. The minimum Gasteiger partial charge on any atom is -0.384 e. The lowest BCUT2D eigenvalue weighted by atomic mass is 10.1. The van der Waals surface area contributed by atoms with Gasteiger partial charge in [-0.3, -0.25) is 0 Å². The van der Waals surface area contributed by atoms with Crippen LogP contribution in [-0.4, -0.2) is 16.7 Å². The number of rotatable bonds is 1. The van der Waals surface area contributed by atoms with E-state index in [0.29, 0.717) is 5.69 Å². The number of fused-ring (bicyclic) bond motifs is 1. The molecule has 1 heterocycles. The molecule has 1 aromatic rings. The van der Waals surface area contributed by atoms with E-state index in [9.17, 15) is 9.30 Å². The zero-order valence-electron chi connectivity index (χ0n) is 6.75. The molecule has 4 nitrogen and oxygen atoms in total. The number of hydrogen-bond acceptors (Lipinski definition) is 2. The predicted molar refractivity (Wildman–Crippen MR) is 43.7 cm³/mol. The highest BCUT2D eigenvalue weighted by atomic mass is 19.1. The Hall–Kier alpha value is -1.65. The van der Waals surface area contributed by atoms with Gasteiger partial charge in [0, 0.05) is 18.3 Å². The van der Waals surface area contributed by atoms with Crippen molar-refractivity contribution in [3.05, 3.63) is 28.4 Å². The van der Waals surface area contributed by atoms with Gasteiger partial charge in [-0.2, -0.15) is 4.39 Å². The third-order valence-corrected chi connectivity index (χ3v) is 2.09. The highest BCUT2D eigenvalue weighted by molar-refractivity contribution is 5.60. The summed E-state index contributed by atoms with van der Waals surface area (Å²) in [6, 6.07) is 2.58. The van der Waals surface area contributed by atoms with Crippen molar-refractivity contribution in [2.75, 3.05) is 11.9 Å². The first kappa shape index (κ1) is 7.97. The maximum Gasteiger partial charge on any atom is 0.353 e. The monoisotopic (exact) mass is 183 g/mol. The Kier molecular flexibility index (Phi) is 1.65. The van der Waals surface area contributed by atoms with Gasteiger partial charge in [0.15, 0.2) is 0 Å². The summed E-state index contributed by atoms with van der Waals surface area (Å²) in [6.45, 7) is 0.739. The molecule has 0 aliphatic carbocycles. The van der Waals surface area contributed by atoms with Gasteiger partial charge in [0.1, 0.15) is 0 Å². The largest absolute Gasteiger partial charge is 0.384 e. The van der Waals surface area contributed by atoms with E-state index >= 15 is 0 Å². The molecule has 0 unspecified atom stereocenters. The first-order chi connectivity index (χ1) is 6.18. The second kappa shape index (κ2) is 2.69. The van der Waals surface area contributed by atoms with Crippen LogP contribution in [0.2, 0.25) is 0 Å². The lowest BCUT2D eigenvalue weighted by molar-refractivity contribution is -0.730. The Morgan fingerprint density at radius 2 is 2.31 bits per heavy atom. The molecule has 13 heavy (non-hydrogen) atoms. The van der Waals surface area contributed by atoms with Crippen LogP contribution in [-0.2, 0) is 6.42 Å². The molecule has 0 radical (unpaired) electrons. The Balaban J connectivity index is 2.55. The zero-order valence-corrected chi connectivity index (χ0v) is 6.75. The second-order valence-electron chi connectivity index (χ2n) is 2.91. The fraction of sp³-hybridized carbons (Fsp3) is 0.250. The van der Waals surface area contributed by atoms with Gasteiger partial charge in [0.25, 0.3) is 4.92 Å². The third-order valence-electron chi connectivity index (χ3n) is 2.09. The average Bonchev–Trinajstić information content (AvgIpc) is 2.48. The minimum absolute atomic E-state index is 0.354. The number of anilines is 1. The van der Waals surface area contributed by atoms with Crippen molar-refractivity contribution >= 4 is 11.4 Å². The molecule has 68 valence electrons. The number of hydrogen-bond donors (Lipinski definition) is 2. The molecule has 1 aromatic carbocycles. The molecule has 0 saturated carbocycles. The van der Waals surface area contributed by atoms with Crippen molar-refractivity contribution in [1.29, 1.82) is 0 Å². The first-order valence-electron chi connectivity index (χ1n) is 3.91. The Bertz CT molecular complexity index is 379. The Morgan fingerprint density at radius 1 is 1.54 bits per heavy atom. The predicted octanol–water partition coefficient (Wildman–Crippen LogP) is 1.59. The van der Waals surface area contributed by atoms with Crippen LogP contribution >= 0.6 is 0 Å². The maximum absolute atomic E-state index is 13.1. The SMILES string of the molecule is O=[N+](O)c1cc2c(cc1F)CCN2. The van der Waals surface area contributed by atoms with E-state index < -0.39 is 10.7 Å². The maximum atomic E-state index is 13.1. The summed E-state index contributed by atoms with van der Waals surface area (Å²) in [5.74, 6) is -0.694. The van der Waals surface area contributed by atoms with E-state index in [0.717, 1.165) is 18.5 Å². The molecule has 0 amide bonds. The molecule has 5 heteroatoms. The molecule has 1 aliphatic rings. The molecule has 0 aromatic heterocycles. The van der Waals surface area contributed by atoms with Crippen LogP contribution in [0.3, 0.4) is 0 Å². The topological polar surface area (TPSA) is 52.3 Å². The van der Waals surface area contributed by atoms with Gasteiger partial charge < -0.3 is 5.32 Å². The molecule has 0 bridgehead atoms. The van der Waals surface area contributed by atoms with Gasteiger partial charge in [-0.1, -0.05) is 0 Å². The summed E-state index contributed by atoms with van der Waals surface area (Å²) < 4.78 is 13.1. The van der Waals surface area contributed by atoms with Crippen LogP contribution in [0.15, 0.2) is 12.1 Å². The van der Waals surface area contributed by atoms with Gasteiger partial charge >= 0.3 is 5.69 Å². The number of nitrogens with zero attached hydrogens (tertiary/aromatic N) is 1. The van der Waals surface area contributed by atoms with E-state index in [-0.39, 0.29) is 5.69 Å². The van der Waals surface area contributed by atoms with Crippen molar-refractivity contribution < 1.29 is 14.5 Å². The fourth-order valence-electron chi connectivity index (χ4n) is 1.45. The third kappa shape index (κ3) is 1.22. The van der Waals surface area contributed by atoms with Gasteiger partial charge in [0.05, 0.1) is 4.91 Å². The van der Waals surface area contributed by atoms with Crippen LogP contribution in [0.4, 0.5) is 15.8 Å². The minimum atomic E-state index is -0.694. The molecule has 1 aliphatic heterocycles. The molecule has 0 fully saturated rings. The van der Waals surface area contributed by atoms with Crippen LogP contribution in [0.5, 0.6) is 0 Å². The van der Waals surface area contributed by atoms with Crippen molar-refractivity contribution in [2.24, 2.45) is 0 Å². The number of nitrogens with one attached hydrogen (secondary N) is 1. The van der Waals surface area contributed by atoms with E-state index in [1.807, 2.05) is 0 Å². The van der Waals surface area contributed by atoms with Crippen LogP contribution in [0.25, 0.3) is 0 Å². The molecule has 2 rings (SSSR count). The van der Waals surface area contributed by atoms with E-state index in [1.54, 1.807) is 0 Å². The molecular formula is C8H8FN2O2+. The lowest BCUT2D eigenvalue weighted by Crippen LogP contribution is -1.97. The van der Waals surface area contributed by atoms with Crippen molar-refractivity contribution in [3.8, 4) is 0 Å². The molecule has 2 N–H and O–H groups in total. The van der Waals surface area contributed by atoms with Crippen LogP contribution < -0.4 is 5.32 Å². The highest BCUT2D eigenvalue weighted by Crippen LogP contribution is 2.29. The lowest BCUT2D eigenvalue weighted by Gasteiger charge is -1.97. The summed E-state index contributed by atoms with van der Waals surface area (Å²) >= 11 is 0. The normalized spacial score (nSPS) is 13.6. The van der Waals surface area contributed by atoms with Gasteiger partial charge in [-0.05, 0) is 18.1 Å². The molecule has 0 saturated heterocycles. The van der Waals surface area contributed by atoms with E-state index in [4.69, 9.17) is 5.21 Å². The second-order valence-corrected chi connectivity index (χ2v) is 2.91. The summed E-state index contributed by atoms with van der Waals surface area (Å²) in [7, 11) is 0. The van der Waals surface area contributed by atoms with Gasteiger partial charge in [-0.25, -0.2) is 5.21 Å².